The fraction of sp³-hybridized carbons (Fsp3) is 0.562. The number of benzene rings is 1. The smallest absolute Gasteiger partial charge is 0.232 e. The molecule has 0 saturated carbocycles. The van der Waals surface area contributed by atoms with Crippen molar-refractivity contribution in [3.8, 4) is 0 Å². The molecular weight excluding hydrogens is 268 g/mol. The molecule has 2 rings (SSSR count). The van der Waals surface area contributed by atoms with Gasteiger partial charge in [0.25, 0.3) is 0 Å². The SMILES string of the molecule is Cc1ccc(SCC(=O)N2CCC(C(C)N)CC2)cc1. The molecule has 110 valence electrons. The lowest BCUT2D eigenvalue weighted by Crippen LogP contribution is -2.43. The first-order chi connectivity index (χ1) is 9.56. The highest BCUT2D eigenvalue weighted by molar-refractivity contribution is 8.00. The summed E-state index contributed by atoms with van der Waals surface area (Å²) in [6, 6.07) is 8.57. The highest BCUT2D eigenvalue weighted by Crippen LogP contribution is 2.22. The van der Waals surface area contributed by atoms with E-state index in [9.17, 15) is 4.79 Å². The number of aryl methyl sites for hydroxylation is 1. The van der Waals surface area contributed by atoms with E-state index in [2.05, 4.69) is 38.1 Å². The predicted molar refractivity (Wildman–Crippen MR) is 84.9 cm³/mol. The number of piperidine rings is 1. The summed E-state index contributed by atoms with van der Waals surface area (Å²) in [6.07, 6.45) is 2.08. The normalized spacial score (nSPS) is 18.1. The van der Waals surface area contributed by atoms with E-state index in [-0.39, 0.29) is 11.9 Å². The van der Waals surface area contributed by atoms with Crippen molar-refractivity contribution in [2.75, 3.05) is 18.8 Å². The molecule has 1 heterocycles. The Bertz CT molecular complexity index is 436. The van der Waals surface area contributed by atoms with Crippen LogP contribution in [0.3, 0.4) is 0 Å². The molecule has 1 saturated heterocycles. The van der Waals surface area contributed by atoms with E-state index < -0.39 is 0 Å². The van der Waals surface area contributed by atoms with Gasteiger partial charge in [0.2, 0.25) is 5.91 Å². The summed E-state index contributed by atoms with van der Waals surface area (Å²) in [7, 11) is 0. The first kappa shape index (κ1) is 15.4. The molecule has 0 aliphatic carbocycles. The monoisotopic (exact) mass is 292 g/mol. The zero-order valence-electron chi connectivity index (χ0n) is 12.3. The van der Waals surface area contributed by atoms with Gasteiger partial charge in [0.1, 0.15) is 0 Å². The van der Waals surface area contributed by atoms with Crippen molar-refractivity contribution in [1.29, 1.82) is 0 Å². The summed E-state index contributed by atoms with van der Waals surface area (Å²) in [5.74, 6) is 1.36. The molecule has 1 amide bonds. The minimum Gasteiger partial charge on any atom is -0.342 e. The Balaban J connectivity index is 1.77. The second-order valence-corrected chi connectivity index (χ2v) is 6.73. The Morgan fingerprint density at radius 2 is 1.95 bits per heavy atom. The van der Waals surface area contributed by atoms with Gasteiger partial charge in [0, 0.05) is 24.0 Å². The lowest BCUT2D eigenvalue weighted by Gasteiger charge is -2.33. The Hall–Kier alpha value is -1.00. The number of likely N-dealkylation sites (tertiary alicyclic amines) is 1. The van der Waals surface area contributed by atoms with Crippen molar-refractivity contribution in [1.82, 2.24) is 4.90 Å². The number of rotatable bonds is 4. The fourth-order valence-corrected chi connectivity index (χ4v) is 3.35. The van der Waals surface area contributed by atoms with Crippen LogP contribution >= 0.6 is 11.8 Å². The van der Waals surface area contributed by atoms with E-state index in [0.717, 1.165) is 30.8 Å². The maximum atomic E-state index is 12.2. The van der Waals surface area contributed by atoms with Crippen LogP contribution in [0.2, 0.25) is 0 Å². The van der Waals surface area contributed by atoms with Crippen molar-refractivity contribution < 1.29 is 4.79 Å². The van der Waals surface area contributed by atoms with Gasteiger partial charge in [-0.2, -0.15) is 0 Å². The molecule has 1 unspecified atom stereocenters. The molecule has 0 aromatic heterocycles. The van der Waals surface area contributed by atoms with E-state index >= 15 is 0 Å². The molecule has 2 N–H and O–H groups in total. The van der Waals surface area contributed by atoms with E-state index in [0.29, 0.717) is 11.7 Å². The highest BCUT2D eigenvalue weighted by Gasteiger charge is 2.24. The predicted octanol–water partition coefficient (Wildman–Crippen LogP) is 2.67. The molecule has 0 bridgehead atoms. The largest absolute Gasteiger partial charge is 0.342 e. The zero-order valence-corrected chi connectivity index (χ0v) is 13.2. The Morgan fingerprint density at radius 1 is 1.35 bits per heavy atom. The maximum absolute atomic E-state index is 12.2. The van der Waals surface area contributed by atoms with Crippen LogP contribution in [-0.2, 0) is 4.79 Å². The molecule has 1 aromatic rings. The number of hydrogen-bond acceptors (Lipinski definition) is 3. The molecule has 1 fully saturated rings. The molecule has 0 radical (unpaired) electrons. The van der Waals surface area contributed by atoms with Crippen LogP contribution in [0.25, 0.3) is 0 Å². The minimum atomic E-state index is 0.245. The van der Waals surface area contributed by atoms with Crippen LogP contribution in [0.1, 0.15) is 25.3 Å². The second kappa shape index (κ2) is 7.14. The van der Waals surface area contributed by atoms with Crippen LogP contribution in [0.15, 0.2) is 29.2 Å². The van der Waals surface area contributed by atoms with Crippen LogP contribution in [0.5, 0.6) is 0 Å². The minimum absolute atomic E-state index is 0.245. The van der Waals surface area contributed by atoms with Crippen LogP contribution in [0, 0.1) is 12.8 Å². The van der Waals surface area contributed by atoms with Gasteiger partial charge in [-0.25, -0.2) is 0 Å². The molecule has 4 heteroatoms. The Morgan fingerprint density at radius 3 is 2.50 bits per heavy atom. The molecule has 3 nitrogen and oxygen atoms in total. The Kier molecular flexibility index (Phi) is 5.49. The van der Waals surface area contributed by atoms with Gasteiger partial charge in [-0.15, -0.1) is 11.8 Å². The van der Waals surface area contributed by atoms with Gasteiger partial charge in [0.15, 0.2) is 0 Å². The van der Waals surface area contributed by atoms with Crippen LogP contribution in [0.4, 0.5) is 0 Å². The van der Waals surface area contributed by atoms with E-state index in [1.54, 1.807) is 11.8 Å². The molecule has 0 spiro atoms. The van der Waals surface area contributed by atoms with Crippen molar-refractivity contribution in [2.45, 2.75) is 37.6 Å². The zero-order chi connectivity index (χ0) is 14.5. The first-order valence-electron chi connectivity index (χ1n) is 7.29. The average Bonchev–Trinajstić information content (AvgIpc) is 2.46. The lowest BCUT2D eigenvalue weighted by molar-refractivity contribution is -0.129. The maximum Gasteiger partial charge on any atom is 0.232 e. The standard InChI is InChI=1S/C16H24N2OS/c1-12-3-5-15(6-4-12)20-11-16(19)18-9-7-14(8-10-18)13(2)17/h3-6,13-14H,7-11,17H2,1-2H3. The van der Waals surface area contributed by atoms with Gasteiger partial charge in [-0.3, -0.25) is 4.79 Å². The van der Waals surface area contributed by atoms with E-state index in [1.165, 1.54) is 5.56 Å². The Labute approximate surface area is 125 Å². The summed E-state index contributed by atoms with van der Waals surface area (Å²) < 4.78 is 0. The number of carbonyl (C=O) groups excluding carboxylic acids is 1. The van der Waals surface area contributed by atoms with Crippen molar-refractivity contribution >= 4 is 17.7 Å². The third-order valence-electron chi connectivity index (χ3n) is 4.02. The molecule has 20 heavy (non-hydrogen) atoms. The molecule has 1 aliphatic rings. The number of amides is 1. The summed E-state index contributed by atoms with van der Waals surface area (Å²) >= 11 is 1.62. The number of hydrogen-bond donors (Lipinski definition) is 1. The molecule has 1 aromatic carbocycles. The quantitative estimate of drug-likeness (QED) is 0.868. The molecular formula is C16H24N2OS. The van der Waals surface area contributed by atoms with Gasteiger partial charge < -0.3 is 10.6 Å². The lowest BCUT2D eigenvalue weighted by atomic mass is 9.91. The first-order valence-corrected chi connectivity index (χ1v) is 8.27. The van der Waals surface area contributed by atoms with Crippen molar-refractivity contribution in [3.05, 3.63) is 29.8 Å². The third-order valence-corrected chi connectivity index (χ3v) is 5.02. The number of nitrogens with two attached hydrogens (primary N) is 1. The second-order valence-electron chi connectivity index (χ2n) is 5.68. The van der Waals surface area contributed by atoms with Gasteiger partial charge in [-0.05, 0) is 44.7 Å². The summed E-state index contributed by atoms with van der Waals surface area (Å²) in [5.41, 5.74) is 7.18. The van der Waals surface area contributed by atoms with Crippen LogP contribution in [-0.4, -0.2) is 35.7 Å². The fourth-order valence-electron chi connectivity index (χ4n) is 2.55. The summed E-state index contributed by atoms with van der Waals surface area (Å²) in [4.78, 5) is 15.3. The third kappa shape index (κ3) is 4.25. The average molecular weight is 292 g/mol. The van der Waals surface area contributed by atoms with Crippen LogP contribution < -0.4 is 5.73 Å². The van der Waals surface area contributed by atoms with E-state index in [1.807, 2.05) is 4.90 Å². The van der Waals surface area contributed by atoms with Gasteiger partial charge in [0.05, 0.1) is 5.75 Å². The van der Waals surface area contributed by atoms with Gasteiger partial charge in [-0.1, -0.05) is 17.7 Å². The van der Waals surface area contributed by atoms with Crippen molar-refractivity contribution in [2.24, 2.45) is 11.7 Å². The molecule has 1 atom stereocenters. The number of nitrogens with zero attached hydrogens (tertiary/aromatic N) is 1. The van der Waals surface area contributed by atoms with Gasteiger partial charge >= 0.3 is 0 Å². The number of thioether (sulfide) groups is 1. The van der Waals surface area contributed by atoms with E-state index in [4.69, 9.17) is 5.73 Å². The highest BCUT2D eigenvalue weighted by atomic mass is 32.2. The summed E-state index contributed by atoms with van der Waals surface area (Å²) in [6.45, 7) is 5.86. The van der Waals surface area contributed by atoms with Crippen molar-refractivity contribution in [3.63, 3.8) is 0 Å². The summed E-state index contributed by atoms with van der Waals surface area (Å²) in [5, 5.41) is 0. The topological polar surface area (TPSA) is 46.3 Å². The number of carbonyl (C=O) groups is 1. The molecule has 1 aliphatic heterocycles.